The number of rotatable bonds is 5. The van der Waals surface area contributed by atoms with E-state index in [4.69, 9.17) is 0 Å². The van der Waals surface area contributed by atoms with E-state index in [1.807, 2.05) is 23.3 Å². The fourth-order valence-corrected chi connectivity index (χ4v) is 3.93. The first-order chi connectivity index (χ1) is 11.1. The number of anilines is 1. The zero-order valence-electron chi connectivity index (χ0n) is 12.9. The molecule has 0 saturated carbocycles. The van der Waals surface area contributed by atoms with Gasteiger partial charge >= 0.3 is 0 Å². The van der Waals surface area contributed by atoms with E-state index >= 15 is 0 Å². The molecule has 2 aromatic heterocycles. The van der Waals surface area contributed by atoms with E-state index in [1.54, 1.807) is 17.4 Å². The zero-order chi connectivity index (χ0) is 16.2. The summed E-state index contributed by atoms with van der Waals surface area (Å²) in [6.45, 7) is 4.80. The first kappa shape index (κ1) is 16.1. The van der Waals surface area contributed by atoms with Crippen LogP contribution in [0.4, 0.5) is 5.13 Å². The molecule has 8 heteroatoms. The third-order valence-corrected chi connectivity index (χ3v) is 5.59. The van der Waals surface area contributed by atoms with Crippen molar-refractivity contribution in [3.8, 4) is 0 Å². The van der Waals surface area contributed by atoms with Crippen molar-refractivity contribution in [3.63, 3.8) is 0 Å². The molecule has 0 N–H and O–H groups in total. The second kappa shape index (κ2) is 7.18. The molecule has 1 aliphatic heterocycles. The molecule has 1 amide bonds. The number of aromatic nitrogens is 2. The van der Waals surface area contributed by atoms with E-state index in [0.717, 1.165) is 28.1 Å². The largest absolute Gasteiger partial charge is 0.343 e. The van der Waals surface area contributed by atoms with Gasteiger partial charge in [-0.1, -0.05) is 17.4 Å². The Bertz CT molecular complexity index is 675. The van der Waals surface area contributed by atoms with Gasteiger partial charge in [-0.3, -0.25) is 9.59 Å². The molecule has 0 atom stereocenters. The molecule has 0 aliphatic carbocycles. The van der Waals surface area contributed by atoms with E-state index in [0.29, 0.717) is 13.1 Å². The molecule has 1 aliphatic rings. The van der Waals surface area contributed by atoms with Crippen LogP contribution in [0.25, 0.3) is 0 Å². The smallest absolute Gasteiger partial charge is 0.223 e. The number of carbonyl (C=O) groups is 2. The van der Waals surface area contributed by atoms with E-state index in [-0.39, 0.29) is 24.5 Å². The van der Waals surface area contributed by atoms with Crippen LogP contribution >= 0.6 is 22.7 Å². The van der Waals surface area contributed by atoms with Gasteiger partial charge in [0, 0.05) is 39.0 Å². The molecule has 0 radical (unpaired) electrons. The van der Waals surface area contributed by atoms with Gasteiger partial charge in [-0.2, -0.15) is 0 Å². The number of ketones is 1. The number of Topliss-reactive ketones (excluding diaryl/α,β-unsaturated/α-hetero) is 1. The minimum absolute atomic E-state index is 0.0521. The van der Waals surface area contributed by atoms with Crippen molar-refractivity contribution in [2.75, 3.05) is 31.1 Å². The highest BCUT2D eigenvalue weighted by atomic mass is 32.1. The van der Waals surface area contributed by atoms with Crippen molar-refractivity contribution in [1.82, 2.24) is 15.1 Å². The summed E-state index contributed by atoms with van der Waals surface area (Å²) in [4.78, 5) is 28.9. The molecule has 6 nitrogen and oxygen atoms in total. The predicted molar refractivity (Wildman–Crippen MR) is 91.3 cm³/mol. The highest BCUT2D eigenvalue weighted by Gasteiger charge is 2.23. The second-order valence-electron chi connectivity index (χ2n) is 5.37. The normalized spacial score (nSPS) is 15.0. The summed E-state index contributed by atoms with van der Waals surface area (Å²) in [6, 6.07) is 3.66. The number of aryl methyl sites for hydroxylation is 1. The molecular weight excluding hydrogens is 332 g/mol. The van der Waals surface area contributed by atoms with Gasteiger partial charge in [0.25, 0.3) is 0 Å². The Morgan fingerprint density at radius 2 is 1.96 bits per heavy atom. The predicted octanol–water partition coefficient (Wildman–Crippen LogP) is 2.22. The maximum Gasteiger partial charge on any atom is 0.223 e. The molecule has 1 saturated heterocycles. The topological polar surface area (TPSA) is 66.4 Å². The van der Waals surface area contributed by atoms with Gasteiger partial charge < -0.3 is 9.80 Å². The minimum Gasteiger partial charge on any atom is -0.343 e. The van der Waals surface area contributed by atoms with Crippen molar-refractivity contribution >= 4 is 39.5 Å². The zero-order valence-corrected chi connectivity index (χ0v) is 14.5. The highest BCUT2D eigenvalue weighted by Crippen LogP contribution is 2.21. The maximum absolute atomic E-state index is 12.3. The summed E-state index contributed by atoms with van der Waals surface area (Å²) in [5.41, 5.74) is 0. The fraction of sp³-hybridized carbons (Fsp3) is 0.467. The van der Waals surface area contributed by atoms with Crippen molar-refractivity contribution < 1.29 is 9.59 Å². The van der Waals surface area contributed by atoms with Gasteiger partial charge in [0.15, 0.2) is 5.78 Å². The van der Waals surface area contributed by atoms with Gasteiger partial charge in [-0.15, -0.1) is 21.5 Å². The van der Waals surface area contributed by atoms with Crippen LogP contribution in [0.2, 0.25) is 0 Å². The lowest BCUT2D eigenvalue weighted by Gasteiger charge is -2.34. The average Bonchev–Trinajstić information content (AvgIpc) is 3.24. The summed E-state index contributed by atoms with van der Waals surface area (Å²) >= 11 is 3.00. The summed E-state index contributed by atoms with van der Waals surface area (Å²) < 4.78 is 0. The van der Waals surface area contributed by atoms with Gasteiger partial charge in [-0.25, -0.2) is 0 Å². The third-order valence-electron chi connectivity index (χ3n) is 3.78. The van der Waals surface area contributed by atoms with Gasteiger partial charge in [0.2, 0.25) is 11.0 Å². The van der Waals surface area contributed by atoms with Crippen LogP contribution in [0.1, 0.15) is 27.5 Å². The second-order valence-corrected chi connectivity index (χ2v) is 7.48. The van der Waals surface area contributed by atoms with E-state index in [9.17, 15) is 9.59 Å². The molecule has 0 aromatic carbocycles. The lowest BCUT2D eigenvalue weighted by Crippen LogP contribution is -2.48. The molecule has 0 spiro atoms. The molecule has 3 rings (SSSR count). The Morgan fingerprint density at radius 3 is 2.57 bits per heavy atom. The van der Waals surface area contributed by atoms with Crippen molar-refractivity contribution in [2.45, 2.75) is 19.8 Å². The molecular formula is C15H18N4O2S2. The number of nitrogens with zero attached hydrogens (tertiary/aromatic N) is 4. The molecule has 3 heterocycles. The molecule has 0 unspecified atom stereocenters. The summed E-state index contributed by atoms with van der Waals surface area (Å²) in [5, 5.41) is 11.9. The average molecular weight is 350 g/mol. The first-order valence-corrected chi connectivity index (χ1v) is 9.22. The number of amides is 1. The minimum atomic E-state index is 0.0521. The Balaban J connectivity index is 1.46. The van der Waals surface area contributed by atoms with Crippen LogP contribution in [0.15, 0.2) is 17.5 Å². The molecule has 0 bridgehead atoms. The van der Waals surface area contributed by atoms with E-state index < -0.39 is 0 Å². The van der Waals surface area contributed by atoms with Crippen molar-refractivity contribution in [3.05, 3.63) is 27.4 Å². The number of hydrogen-bond donors (Lipinski definition) is 0. The number of piperazine rings is 1. The quantitative estimate of drug-likeness (QED) is 0.774. The monoisotopic (exact) mass is 350 g/mol. The van der Waals surface area contributed by atoms with Crippen LogP contribution in [0.3, 0.4) is 0 Å². The lowest BCUT2D eigenvalue weighted by atomic mass is 10.1. The summed E-state index contributed by atoms with van der Waals surface area (Å²) in [7, 11) is 0. The molecule has 2 aromatic rings. The molecule has 122 valence electrons. The fourth-order valence-electron chi connectivity index (χ4n) is 2.50. The van der Waals surface area contributed by atoms with E-state index in [1.165, 1.54) is 11.3 Å². The van der Waals surface area contributed by atoms with Crippen LogP contribution < -0.4 is 4.90 Å². The molecule has 1 fully saturated rings. The SMILES string of the molecule is Cc1nnc(N2CCN(C(=O)CCC(=O)c3cccs3)CC2)s1. The molecule has 23 heavy (non-hydrogen) atoms. The Labute approximate surface area is 142 Å². The lowest BCUT2D eigenvalue weighted by molar-refractivity contribution is -0.131. The number of carbonyl (C=O) groups excluding carboxylic acids is 2. The third kappa shape index (κ3) is 3.94. The summed E-state index contributed by atoms with van der Waals surface area (Å²) in [5.74, 6) is 0.110. The van der Waals surface area contributed by atoms with E-state index in [2.05, 4.69) is 15.1 Å². The Kier molecular flexibility index (Phi) is 5.02. The number of thiophene rings is 1. The van der Waals surface area contributed by atoms with Crippen LogP contribution in [-0.4, -0.2) is 53.0 Å². The van der Waals surface area contributed by atoms with Gasteiger partial charge in [-0.05, 0) is 18.4 Å². The van der Waals surface area contributed by atoms with Crippen molar-refractivity contribution in [1.29, 1.82) is 0 Å². The summed E-state index contributed by atoms with van der Waals surface area (Å²) in [6.07, 6.45) is 0.573. The Hall–Kier alpha value is -1.80. The van der Waals surface area contributed by atoms with Crippen LogP contribution in [-0.2, 0) is 4.79 Å². The first-order valence-electron chi connectivity index (χ1n) is 7.53. The highest BCUT2D eigenvalue weighted by molar-refractivity contribution is 7.15. The van der Waals surface area contributed by atoms with Crippen LogP contribution in [0.5, 0.6) is 0 Å². The van der Waals surface area contributed by atoms with Crippen LogP contribution in [0, 0.1) is 6.92 Å². The van der Waals surface area contributed by atoms with Gasteiger partial charge in [0.1, 0.15) is 5.01 Å². The van der Waals surface area contributed by atoms with Crippen molar-refractivity contribution in [2.24, 2.45) is 0 Å². The number of hydrogen-bond acceptors (Lipinski definition) is 7. The standard InChI is InChI=1S/C15H18N4O2S2/c1-11-16-17-15(23-11)19-8-6-18(7-9-19)14(21)5-4-12(20)13-3-2-10-22-13/h2-3,10H,4-9H2,1H3. The Morgan fingerprint density at radius 1 is 1.17 bits per heavy atom. The maximum atomic E-state index is 12.3. The van der Waals surface area contributed by atoms with Gasteiger partial charge in [0.05, 0.1) is 4.88 Å².